The van der Waals surface area contributed by atoms with Crippen molar-refractivity contribution >= 4 is 51.9 Å². The molecule has 1 aromatic carbocycles. The van der Waals surface area contributed by atoms with E-state index in [1.807, 2.05) is 11.6 Å². The van der Waals surface area contributed by atoms with Crippen LogP contribution < -0.4 is 5.32 Å². The highest BCUT2D eigenvalue weighted by Gasteiger charge is 2.19. The molecule has 8 nitrogen and oxygen atoms in total. The Morgan fingerprint density at radius 1 is 1.16 bits per heavy atom. The average Bonchev–Trinajstić information content (AvgIpc) is 3.27. The van der Waals surface area contributed by atoms with Crippen molar-refractivity contribution < 1.29 is 14.3 Å². The lowest BCUT2D eigenvalue weighted by atomic mass is 10.2. The Balaban J connectivity index is 1.52. The van der Waals surface area contributed by atoms with Gasteiger partial charge in [-0.2, -0.15) is 0 Å². The molecule has 0 bridgehead atoms. The number of carbonyl (C=O) groups is 2. The Morgan fingerprint density at radius 3 is 2.56 bits per heavy atom. The lowest BCUT2D eigenvalue weighted by Crippen LogP contribution is -2.14. The van der Waals surface area contributed by atoms with Gasteiger partial charge in [0.2, 0.25) is 5.91 Å². The molecule has 2 aromatic heterocycles. The molecule has 11 heteroatoms. The van der Waals surface area contributed by atoms with Crippen molar-refractivity contribution in [2.45, 2.75) is 49.6 Å². The van der Waals surface area contributed by atoms with Gasteiger partial charge < -0.3 is 14.6 Å². The molecule has 0 aliphatic heterocycles. The van der Waals surface area contributed by atoms with Crippen LogP contribution in [0.4, 0.5) is 5.13 Å². The number of ether oxygens (including phenoxy) is 1. The smallest absolute Gasteiger partial charge is 0.350 e. The summed E-state index contributed by atoms with van der Waals surface area (Å²) in [5.74, 6) is 1.02. The molecule has 1 amide bonds. The fourth-order valence-electron chi connectivity index (χ4n) is 2.57. The van der Waals surface area contributed by atoms with Crippen molar-refractivity contribution in [3.63, 3.8) is 0 Å². The summed E-state index contributed by atoms with van der Waals surface area (Å²) < 4.78 is 7.10. The number of benzene rings is 1. The highest BCUT2D eigenvalue weighted by atomic mass is 32.2. The van der Waals surface area contributed by atoms with E-state index in [0.29, 0.717) is 26.6 Å². The minimum Gasteiger partial charge on any atom is -0.459 e. The Kier molecular flexibility index (Phi) is 8.32. The van der Waals surface area contributed by atoms with E-state index in [-0.39, 0.29) is 17.8 Å². The first-order valence-corrected chi connectivity index (χ1v) is 12.7. The molecule has 3 rings (SSSR count). The molecule has 0 saturated heterocycles. The summed E-state index contributed by atoms with van der Waals surface area (Å²) in [4.78, 5) is 30.3. The number of aromatic nitrogens is 4. The molecule has 170 valence electrons. The minimum absolute atomic E-state index is 0.154. The largest absolute Gasteiger partial charge is 0.459 e. The number of aryl methyl sites for hydroxylation is 2. The SMILES string of the molecule is Cc1ccc(SCc2nnc(SCC(=O)Nc3nc(C)c(C(=O)OC(C)C)s3)n2C)cc1. The van der Waals surface area contributed by atoms with Crippen molar-refractivity contribution in [1.29, 1.82) is 0 Å². The van der Waals surface area contributed by atoms with Gasteiger partial charge in [-0.3, -0.25) is 4.79 Å². The summed E-state index contributed by atoms with van der Waals surface area (Å²) >= 11 is 4.10. The van der Waals surface area contributed by atoms with Gasteiger partial charge >= 0.3 is 5.97 Å². The van der Waals surface area contributed by atoms with Crippen molar-refractivity contribution in [3.05, 3.63) is 46.2 Å². The van der Waals surface area contributed by atoms with E-state index in [1.54, 1.807) is 32.5 Å². The zero-order valence-electron chi connectivity index (χ0n) is 18.5. The molecule has 0 saturated carbocycles. The second-order valence-electron chi connectivity index (χ2n) is 7.28. The number of rotatable bonds is 9. The third kappa shape index (κ3) is 6.57. The predicted octanol–water partition coefficient (Wildman–Crippen LogP) is 4.48. The van der Waals surface area contributed by atoms with Crippen LogP contribution in [0.1, 0.15) is 40.6 Å². The van der Waals surface area contributed by atoms with Crippen LogP contribution in [0.2, 0.25) is 0 Å². The molecule has 0 radical (unpaired) electrons. The number of anilines is 1. The number of hydrogen-bond donors (Lipinski definition) is 1. The third-order valence-electron chi connectivity index (χ3n) is 4.22. The minimum atomic E-state index is -0.431. The lowest BCUT2D eigenvalue weighted by molar-refractivity contribution is -0.113. The predicted molar refractivity (Wildman–Crippen MR) is 128 cm³/mol. The van der Waals surface area contributed by atoms with E-state index < -0.39 is 5.97 Å². The van der Waals surface area contributed by atoms with E-state index >= 15 is 0 Å². The summed E-state index contributed by atoms with van der Waals surface area (Å²) in [6.07, 6.45) is -0.218. The second-order valence-corrected chi connectivity index (χ2v) is 10.3. The summed E-state index contributed by atoms with van der Waals surface area (Å²) in [7, 11) is 1.89. The Hall–Kier alpha value is -2.37. The van der Waals surface area contributed by atoms with Crippen LogP contribution in [0.15, 0.2) is 34.3 Å². The molecule has 0 unspecified atom stereocenters. The average molecular weight is 492 g/mol. The van der Waals surface area contributed by atoms with Crippen LogP contribution in [0.5, 0.6) is 0 Å². The van der Waals surface area contributed by atoms with Crippen molar-refractivity contribution in [2.75, 3.05) is 11.1 Å². The van der Waals surface area contributed by atoms with E-state index in [0.717, 1.165) is 17.2 Å². The molecular weight excluding hydrogens is 466 g/mol. The normalized spacial score (nSPS) is 11.1. The molecule has 2 heterocycles. The lowest BCUT2D eigenvalue weighted by Gasteiger charge is -2.05. The van der Waals surface area contributed by atoms with E-state index in [1.165, 1.54) is 22.2 Å². The van der Waals surface area contributed by atoms with Gasteiger partial charge in [0.15, 0.2) is 10.3 Å². The number of nitrogens with one attached hydrogen (secondary N) is 1. The molecule has 0 fully saturated rings. The van der Waals surface area contributed by atoms with Gasteiger partial charge in [0.25, 0.3) is 0 Å². The monoisotopic (exact) mass is 491 g/mol. The van der Waals surface area contributed by atoms with Crippen molar-refractivity contribution in [1.82, 2.24) is 19.7 Å². The zero-order chi connectivity index (χ0) is 23.3. The van der Waals surface area contributed by atoms with Gasteiger partial charge in [0.1, 0.15) is 10.7 Å². The van der Waals surface area contributed by atoms with Crippen molar-refractivity contribution in [2.24, 2.45) is 7.05 Å². The Bertz CT molecular complexity index is 1090. The van der Waals surface area contributed by atoms with Gasteiger partial charge in [-0.1, -0.05) is 40.8 Å². The van der Waals surface area contributed by atoms with Crippen LogP contribution in [0, 0.1) is 13.8 Å². The maximum Gasteiger partial charge on any atom is 0.350 e. The molecule has 0 spiro atoms. The number of thioether (sulfide) groups is 2. The number of nitrogens with zero attached hydrogens (tertiary/aromatic N) is 4. The standard InChI is InChI=1S/C21H25N5O3S3/c1-12(2)29-19(28)18-14(4)22-20(32-18)23-17(27)11-31-21-25-24-16(26(21)5)10-30-15-8-6-13(3)7-9-15/h6-9,12H,10-11H2,1-5H3,(H,22,23,27). The first kappa shape index (κ1) is 24.3. The van der Waals surface area contributed by atoms with E-state index in [9.17, 15) is 9.59 Å². The van der Waals surface area contributed by atoms with Crippen LogP contribution in [0.3, 0.4) is 0 Å². The fourth-order valence-corrected chi connectivity index (χ4v) is 5.04. The summed E-state index contributed by atoms with van der Waals surface area (Å²) in [6.45, 7) is 7.35. The number of carbonyl (C=O) groups excluding carboxylic acids is 2. The highest BCUT2D eigenvalue weighted by Crippen LogP contribution is 2.26. The van der Waals surface area contributed by atoms with E-state index in [2.05, 4.69) is 51.7 Å². The molecule has 0 aliphatic carbocycles. The van der Waals surface area contributed by atoms with Gasteiger partial charge in [-0.25, -0.2) is 9.78 Å². The maximum atomic E-state index is 12.4. The maximum absolute atomic E-state index is 12.4. The van der Waals surface area contributed by atoms with Gasteiger partial charge in [-0.15, -0.1) is 22.0 Å². The van der Waals surface area contributed by atoms with Gasteiger partial charge in [-0.05, 0) is 39.8 Å². The summed E-state index contributed by atoms with van der Waals surface area (Å²) in [5, 5.41) is 12.2. The molecular formula is C21H25N5O3S3. The number of thiazole rings is 1. The van der Waals surface area contributed by atoms with Crippen molar-refractivity contribution in [3.8, 4) is 0 Å². The molecule has 1 N–H and O–H groups in total. The number of esters is 1. The van der Waals surface area contributed by atoms with Crippen LogP contribution in [-0.2, 0) is 22.3 Å². The van der Waals surface area contributed by atoms with Gasteiger partial charge in [0.05, 0.1) is 23.3 Å². The Morgan fingerprint density at radius 2 is 1.88 bits per heavy atom. The van der Waals surface area contributed by atoms with Gasteiger partial charge in [0, 0.05) is 11.9 Å². The third-order valence-corrected chi connectivity index (χ3v) is 7.30. The van der Waals surface area contributed by atoms with Crippen LogP contribution in [-0.4, -0.2) is 43.5 Å². The molecule has 0 aliphatic rings. The second kappa shape index (κ2) is 11.0. The van der Waals surface area contributed by atoms with Crippen LogP contribution >= 0.6 is 34.9 Å². The zero-order valence-corrected chi connectivity index (χ0v) is 21.0. The quantitative estimate of drug-likeness (QED) is 0.346. The molecule has 32 heavy (non-hydrogen) atoms. The summed E-state index contributed by atoms with van der Waals surface area (Å²) in [5.41, 5.74) is 1.76. The molecule has 3 aromatic rings. The van der Waals surface area contributed by atoms with E-state index in [4.69, 9.17) is 4.74 Å². The van der Waals surface area contributed by atoms with Crippen LogP contribution in [0.25, 0.3) is 0 Å². The number of amides is 1. The first-order chi connectivity index (χ1) is 15.2. The molecule has 0 atom stereocenters. The summed E-state index contributed by atoms with van der Waals surface area (Å²) in [6, 6.07) is 8.34. The highest BCUT2D eigenvalue weighted by molar-refractivity contribution is 7.99. The number of hydrogen-bond acceptors (Lipinski definition) is 9. The first-order valence-electron chi connectivity index (χ1n) is 9.91. The topological polar surface area (TPSA) is 99.0 Å². The Labute approximate surface area is 199 Å². The fraction of sp³-hybridized carbons (Fsp3) is 0.381.